The molecular formula is C18H20N6O2. The van der Waals surface area contributed by atoms with E-state index >= 15 is 0 Å². The lowest BCUT2D eigenvalue weighted by Crippen LogP contribution is -2.29. The van der Waals surface area contributed by atoms with Crippen molar-refractivity contribution in [1.82, 2.24) is 24.7 Å². The van der Waals surface area contributed by atoms with Gasteiger partial charge in [-0.15, -0.1) is 0 Å². The van der Waals surface area contributed by atoms with Crippen molar-refractivity contribution in [3.8, 4) is 17.3 Å². The number of β-amino-alcohol motifs (C(OH)–C–C–N with tert-alkyl or cyclic N) is 1. The molecule has 1 aliphatic rings. The summed E-state index contributed by atoms with van der Waals surface area (Å²) in [7, 11) is 1.83. The molecular weight excluding hydrogens is 332 g/mol. The summed E-state index contributed by atoms with van der Waals surface area (Å²) >= 11 is 0. The van der Waals surface area contributed by atoms with Crippen LogP contribution in [-0.2, 0) is 7.05 Å². The van der Waals surface area contributed by atoms with Gasteiger partial charge in [-0.1, -0.05) is 6.07 Å². The molecule has 0 amide bonds. The second kappa shape index (κ2) is 6.72. The number of anilines is 1. The maximum absolute atomic E-state index is 10.4. The Morgan fingerprint density at radius 1 is 1.23 bits per heavy atom. The maximum Gasteiger partial charge on any atom is 0.180 e. The van der Waals surface area contributed by atoms with Crippen molar-refractivity contribution < 1.29 is 9.84 Å². The minimum absolute atomic E-state index is 0.340. The van der Waals surface area contributed by atoms with Crippen LogP contribution in [0.1, 0.15) is 5.69 Å². The first-order chi connectivity index (χ1) is 12.6. The van der Waals surface area contributed by atoms with Crippen molar-refractivity contribution in [3.63, 3.8) is 0 Å². The number of ether oxygens (including phenoxy) is 1. The fourth-order valence-corrected chi connectivity index (χ4v) is 3.02. The highest BCUT2D eigenvalue weighted by Crippen LogP contribution is 2.24. The van der Waals surface area contributed by atoms with Gasteiger partial charge in [-0.05, 0) is 19.1 Å². The summed E-state index contributed by atoms with van der Waals surface area (Å²) < 4.78 is 7.54. The van der Waals surface area contributed by atoms with E-state index in [1.807, 2.05) is 43.1 Å². The molecule has 8 nitrogen and oxygen atoms in total. The lowest BCUT2D eigenvalue weighted by Gasteiger charge is -2.18. The van der Waals surface area contributed by atoms with Crippen LogP contribution >= 0.6 is 0 Å². The third-order valence-electron chi connectivity index (χ3n) is 4.26. The molecule has 0 aromatic carbocycles. The van der Waals surface area contributed by atoms with Gasteiger partial charge >= 0.3 is 0 Å². The average molecular weight is 352 g/mol. The normalized spacial score (nSPS) is 19.7. The van der Waals surface area contributed by atoms with E-state index in [0.717, 1.165) is 17.2 Å². The molecule has 0 saturated carbocycles. The lowest BCUT2D eigenvalue weighted by atomic mass is 10.3. The van der Waals surface area contributed by atoms with Crippen molar-refractivity contribution in [2.75, 3.05) is 18.0 Å². The van der Waals surface area contributed by atoms with Crippen molar-refractivity contribution >= 4 is 5.82 Å². The Labute approximate surface area is 151 Å². The van der Waals surface area contributed by atoms with Gasteiger partial charge in [-0.2, -0.15) is 5.10 Å². The van der Waals surface area contributed by atoms with Crippen LogP contribution in [-0.4, -0.2) is 55.1 Å². The second-order valence-electron chi connectivity index (χ2n) is 6.38. The zero-order chi connectivity index (χ0) is 18.1. The first kappa shape index (κ1) is 16.5. The van der Waals surface area contributed by atoms with E-state index in [9.17, 15) is 5.11 Å². The molecule has 0 spiro atoms. The Morgan fingerprint density at radius 3 is 2.85 bits per heavy atom. The number of aromatic nitrogens is 5. The van der Waals surface area contributed by atoms with Crippen LogP contribution in [0.4, 0.5) is 5.82 Å². The van der Waals surface area contributed by atoms with Gasteiger partial charge in [0.05, 0.1) is 18.9 Å². The van der Waals surface area contributed by atoms with Gasteiger partial charge < -0.3 is 14.7 Å². The van der Waals surface area contributed by atoms with Crippen molar-refractivity contribution in [1.29, 1.82) is 0 Å². The molecule has 134 valence electrons. The molecule has 1 N–H and O–H groups in total. The largest absolute Gasteiger partial charge is 0.482 e. The topological polar surface area (TPSA) is 89.2 Å². The summed E-state index contributed by atoms with van der Waals surface area (Å²) in [6.07, 6.45) is 4.20. The predicted octanol–water partition coefficient (Wildman–Crippen LogP) is 1.21. The van der Waals surface area contributed by atoms with Crippen LogP contribution in [0.15, 0.2) is 42.9 Å². The summed E-state index contributed by atoms with van der Waals surface area (Å²) in [6.45, 7) is 2.91. The number of rotatable bonds is 4. The third-order valence-corrected chi connectivity index (χ3v) is 4.26. The van der Waals surface area contributed by atoms with E-state index in [1.54, 1.807) is 23.3 Å². The van der Waals surface area contributed by atoms with Crippen LogP contribution in [0, 0.1) is 6.92 Å². The monoisotopic (exact) mass is 352 g/mol. The zero-order valence-electron chi connectivity index (χ0n) is 14.6. The zero-order valence-corrected chi connectivity index (χ0v) is 14.6. The Bertz CT molecular complexity index is 898. The first-order valence-corrected chi connectivity index (χ1v) is 8.44. The summed E-state index contributed by atoms with van der Waals surface area (Å²) in [5, 5.41) is 14.5. The molecule has 3 aromatic heterocycles. The Balaban J connectivity index is 1.55. The fourth-order valence-electron chi connectivity index (χ4n) is 3.02. The van der Waals surface area contributed by atoms with Crippen LogP contribution < -0.4 is 9.64 Å². The molecule has 4 heterocycles. The molecule has 0 unspecified atom stereocenters. The highest BCUT2D eigenvalue weighted by molar-refractivity contribution is 5.54. The number of hydrogen-bond donors (Lipinski definition) is 1. The van der Waals surface area contributed by atoms with E-state index < -0.39 is 6.10 Å². The molecule has 2 atom stereocenters. The summed E-state index contributed by atoms with van der Waals surface area (Å²) in [4.78, 5) is 15.4. The van der Waals surface area contributed by atoms with Gasteiger partial charge in [0.2, 0.25) is 0 Å². The number of aliphatic hydroxyl groups excluding tert-OH is 1. The van der Waals surface area contributed by atoms with E-state index in [-0.39, 0.29) is 6.10 Å². The highest BCUT2D eigenvalue weighted by atomic mass is 16.5. The van der Waals surface area contributed by atoms with Crippen LogP contribution in [0.5, 0.6) is 5.75 Å². The predicted molar refractivity (Wildman–Crippen MR) is 95.8 cm³/mol. The number of pyridine rings is 1. The van der Waals surface area contributed by atoms with Gasteiger partial charge in [0, 0.05) is 31.5 Å². The average Bonchev–Trinajstić information content (AvgIpc) is 3.21. The van der Waals surface area contributed by atoms with Gasteiger partial charge in [0.25, 0.3) is 0 Å². The molecule has 8 heteroatoms. The van der Waals surface area contributed by atoms with Crippen molar-refractivity contribution in [3.05, 3.63) is 48.5 Å². The molecule has 0 bridgehead atoms. The molecule has 1 aliphatic heterocycles. The third kappa shape index (κ3) is 3.36. The van der Waals surface area contributed by atoms with E-state index in [4.69, 9.17) is 4.74 Å². The lowest BCUT2D eigenvalue weighted by molar-refractivity contribution is 0.0737. The first-order valence-electron chi connectivity index (χ1n) is 8.44. The van der Waals surface area contributed by atoms with E-state index in [2.05, 4.69) is 20.1 Å². The van der Waals surface area contributed by atoms with E-state index in [1.165, 1.54) is 0 Å². The minimum atomic E-state index is -0.608. The van der Waals surface area contributed by atoms with Gasteiger partial charge in [0.1, 0.15) is 23.7 Å². The second-order valence-corrected chi connectivity index (χ2v) is 6.38. The number of aliphatic hydroxyl groups is 1. The standard InChI is InChI=1S/C18H20N6O2/c1-12-7-17(22-18(21-12)14-5-3-4-6-19-14)24-10-15(25)16(11-24)26-13-8-20-23(2)9-13/h3-9,15-16,25H,10-11H2,1-2H3/t15-,16-/m1/s1. The maximum atomic E-state index is 10.4. The molecule has 0 aliphatic carbocycles. The molecule has 4 rings (SSSR count). The molecule has 26 heavy (non-hydrogen) atoms. The fraction of sp³-hybridized carbons (Fsp3) is 0.333. The van der Waals surface area contributed by atoms with Gasteiger partial charge in [0.15, 0.2) is 11.6 Å². The van der Waals surface area contributed by atoms with Gasteiger partial charge in [-0.3, -0.25) is 9.67 Å². The Morgan fingerprint density at radius 2 is 2.12 bits per heavy atom. The Hall–Kier alpha value is -3.00. The molecule has 1 saturated heterocycles. The molecule has 3 aromatic rings. The van der Waals surface area contributed by atoms with Gasteiger partial charge in [-0.25, -0.2) is 9.97 Å². The summed E-state index contributed by atoms with van der Waals surface area (Å²) in [5.41, 5.74) is 1.57. The number of aryl methyl sites for hydroxylation is 2. The Kier molecular flexibility index (Phi) is 4.26. The molecule has 0 radical (unpaired) electrons. The van der Waals surface area contributed by atoms with E-state index in [0.29, 0.717) is 24.7 Å². The minimum Gasteiger partial charge on any atom is -0.482 e. The number of nitrogens with zero attached hydrogens (tertiary/aromatic N) is 6. The smallest absolute Gasteiger partial charge is 0.180 e. The van der Waals surface area contributed by atoms with Crippen LogP contribution in [0.3, 0.4) is 0 Å². The quantitative estimate of drug-likeness (QED) is 0.755. The highest BCUT2D eigenvalue weighted by Gasteiger charge is 2.34. The van der Waals surface area contributed by atoms with Crippen LogP contribution in [0.2, 0.25) is 0 Å². The molecule has 1 fully saturated rings. The summed E-state index contributed by atoms with van der Waals surface area (Å²) in [6, 6.07) is 7.56. The van der Waals surface area contributed by atoms with Crippen molar-refractivity contribution in [2.24, 2.45) is 7.05 Å². The SMILES string of the molecule is Cc1cc(N2C[C@@H](O)[C@H](Oc3cnn(C)c3)C2)nc(-c2ccccn2)n1. The number of hydrogen-bond acceptors (Lipinski definition) is 7. The van der Waals surface area contributed by atoms with Crippen molar-refractivity contribution in [2.45, 2.75) is 19.1 Å². The summed E-state index contributed by atoms with van der Waals surface area (Å²) in [5.74, 6) is 1.98. The van der Waals surface area contributed by atoms with Crippen LogP contribution in [0.25, 0.3) is 11.5 Å².